The first-order chi connectivity index (χ1) is 12.5. The summed E-state index contributed by atoms with van der Waals surface area (Å²) >= 11 is 3.43. The van der Waals surface area contributed by atoms with Gasteiger partial charge in [-0.25, -0.2) is 8.42 Å². The monoisotopic (exact) mass is 440 g/mol. The number of halogens is 1. The third-order valence-electron chi connectivity index (χ3n) is 4.11. The lowest BCUT2D eigenvalue weighted by atomic mass is 10.2. The highest BCUT2D eigenvalue weighted by Gasteiger charge is 2.23. The molecule has 4 rings (SSSR count). The number of ether oxygens (including phenoxy) is 4. The molecule has 0 bridgehead atoms. The van der Waals surface area contributed by atoms with Crippen LogP contribution >= 0.6 is 15.9 Å². The first-order valence-electron chi connectivity index (χ1n) is 8.18. The van der Waals surface area contributed by atoms with E-state index in [1.807, 2.05) is 0 Å². The second kappa shape index (κ2) is 7.00. The molecular weight excluding hydrogens is 424 g/mol. The molecular formula is C18H17BrO6S. The Morgan fingerprint density at radius 1 is 0.808 bits per heavy atom. The molecule has 0 spiro atoms. The molecule has 8 heteroatoms. The molecule has 6 nitrogen and oxygen atoms in total. The summed E-state index contributed by atoms with van der Waals surface area (Å²) in [6.45, 7) is 1.82. The predicted molar refractivity (Wildman–Crippen MR) is 98.9 cm³/mol. The predicted octanol–water partition coefficient (Wildman–Crippen LogP) is 3.11. The van der Waals surface area contributed by atoms with Crippen LogP contribution in [0.25, 0.3) is 0 Å². The van der Waals surface area contributed by atoms with Gasteiger partial charge in [0.05, 0.1) is 11.5 Å². The van der Waals surface area contributed by atoms with E-state index in [1.165, 1.54) is 0 Å². The van der Waals surface area contributed by atoms with Crippen LogP contribution in [0.5, 0.6) is 23.0 Å². The van der Waals surface area contributed by atoms with Crippen molar-refractivity contribution in [3.05, 3.63) is 45.9 Å². The maximum atomic E-state index is 12.8. The molecule has 0 amide bonds. The van der Waals surface area contributed by atoms with Gasteiger partial charge in [0.1, 0.15) is 26.4 Å². The molecule has 0 aromatic heterocycles. The van der Waals surface area contributed by atoms with Gasteiger partial charge in [0, 0.05) is 10.0 Å². The van der Waals surface area contributed by atoms with E-state index in [4.69, 9.17) is 18.9 Å². The fraction of sp³-hybridized carbons (Fsp3) is 0.333. The van der Waals surface area contributed by atoms with Gasteiger partial charge in [0.25, 0.3) is 0 Å². The maximum absolute atomic E-state index is 12.8. The summed E-state index contributed by atoms with van der Waals surface area (Å²) in [7, 11) is -3.43. The Balaban J connectivity index is 1.59. The molecule has 138 valence electrons. The first-order valence-corrected chi connectivity index (χ1v) is 10.8. The van der Waals surface area contributed by atoms with E-state index in [1.54, 1.807) is 30.3 Å². The van der Waals surface area contributed by atoms with Crippen LogP contribution in [0, 0.1) is 0 Å². The summed E-state index contributed by atoms with van der Waals surface area (Å²) in [5, 5.41) is 0. The lowest BCUT2D eigenvalue weighted by molar-refractivity contribution is 0.170. The summed E-state index contributed by atoms with van der Waals surface area (Å²) < 4.78 is 48.4. The van der Waals surface area contributed by atoms with Crippen LogP contribution in [0.2, 0.25) is 0 Å². The fourth-order valence-corrected chi connectivity index (χ4v) is 5.15. The lowest BCUT2D eigenvalue weighted by Gasteiger charge is -2.21. The molecule has 2 aromatic carbocycles. The van der Waals surface area contributed by atoms with Gasteiger partial charge in [0.2, 0.25) is 0 Å². The quantitative estimate of drug-likeness (QED) is 0.727. The Kier molecular flexibility index (Phi) is 4.71. The molecule has 0 saturated heterocycles. The van der Waals surface area contributed by atoms with Gasteiger partial charge < -0.3 is 18.9 Å². The van der Waals surface area contributed by atoms with E-state index in [9.17, 15) is 8.42 Å². The van der Waals surface area contributed by atoms with Gasteiger partial charge in [-0.2, -0.15) is 0 Å². The van der Waals surface area contributed by atoms with E-state index >= 15 is 0 Å². The fourth-order valence-electron chi connectivity index (χ4n) is 2.99. The Bertz CT molecular complexity index is 941. The summed E-state index contributed by atoms with van der Waals surface area (Å²) in [6.07, 6.45) is 0. The Hall–Kier alpha value is -1.93. The van der Waals surface area contributed by atoms with Crippen molar-refractivity contribution in [2.75, 3.05) is 26.4 Å². The summed E-state index contributed by atoms with van der Waals surface area (Å²) in [6, 6.07) is 8.78. The highest BCUT2D eigenvalue weighted by Crippen LogP contribution is 2.38. The largest absolute Gasteiger partial charge is 0.486 e. The number of benzene rings is 2. The van der Waals surface area contributed by atoms with Crippen molar-refractivity contribution in [3.8, 4) is 23.0 Å². The minimum Gasteiger partial charge on any atom is -0.486 e. The number of rotatable bonds is 4. The van der Waals surface area contributed by atoms with E-state index in [-0.39, 0.29) is 11.5 Å². The zero-order valence-electron chi connectivity index (χ0n) is 13.9. The normalized spacial score (nSPS) is 15.6. The van der Waals surface area contributed by atoms with Gasteiger partial charge in [-0.3, -0.25) is 0 Å². The van der Waals surface area contributed by atoms with Crippen LogP contribution in [0.4, 0.5) is 0 Å². The van der Waals surface area contributed by atoms with E-state index in [0.717, 1.165) is 0 Å². The molecule has 2 aromatic rings. The second-order valence-corrected chi connectivity index (χ2v) is 8.98. The zero-order chi connectivity index (χ0) is 18.1. The smallest absolute Gasteiger partial charge is 0.165 e. The summed E-state index contributed by atoms with van der Waals surface area (Å²) in [5.41, 5.74) is 1.24. The van der Waals surface area contributed by atoms with Gasteiger partial charge in [-0.05, 0) is 23.8 Å². The molecule has 0 radical (unpaired) electrons. The molecule has 26 heavy (non-hydrogen) atoms. The van der Waals surface area contributed by atoms with Gasteiger partial charge in [-0.1, -0.05) is 28.1 Å². The lowest BCUT2D eigenvalue weighted by Crippen LogP contribution is -2.18. The number of fused-ring (bicyclic) bond motifs is 2. The highest BCUT2D eigenvalue weighted by atomic mass is 79.9. The van der Waals surface area contributed by atoms with Crippen molar-refractivity contribution < 1.29 is 27.4 Å². The standard InChI is InChI=1S/C18H17BrO6S/c19-14-9-17-16(23-4-5-24-17)8-13(14)11-26(20,21)10-12-2-1-3-15-18(12)25-7-6-22-15/h1-3,8-9H,4-7,10-11H2. The van der Waals surface area contributed by atoms with Crippen LogP contribution in [0.1, 0.15) is 11.1 Å². The average Bonchev–Trinajstić information content (AvgIpc) is 2.62. The molecule has 0 aliphatic carbocycles. The summed E-state index contributed by atoms with van der Waals surface area (Å²) in [5.74, 6) is 2.05. The Morgan fingerprint density at radius 2 is 1.42 bits per heavy atom. The highest BCUT2D eigenvalue weighted by molar-refractivity contribution is 9.10. The Labute approximate surface area is 160 Å². The molecule has 0 fully saturated rings. The van der Waals surface area contributed by atoms with E-state index in [2.05, 4.69) is 15.9 Å². The minimum absolute atomic E-state index is 0.116. The van der Waals surface area contributed by atoms with Crippen LogP contribution in [-0.2, 0) is 21.3 Å². The van der Waals surface area contributed by atoms with Gasteiger partial charge in [0.15, 0.2) is 32.8 Å². The third-order valence-corrected chi connectivity index (χ3v) is 6.35. The molecule has 0 unspecified atom stereocenters. The third kappa shape index (κ3) is 3.61. The number of para-hydroxylation sites is 1. The Morgan fingerprint density at radius 3 is 2.19 bits per heavy atom. The molecule has 0 N–H and O–H groups in total. The average molecular weight is 441 g/mol. The van der Waals surface area contributed by atoms with Gasteiger partial charge in [-0.15, -0.1) is 0 Å². The van der Waals surface area contributed by atoms with Crippen molar-refractivity contribution in [2.45, 2.75) is 11.5 Å². The number of hydrogen-bond acceptors (Lipinski definition) is 6. The van der Waals surface area contributed by atoms with Gasteiger partial charge >= 0.3 is 0 Å². The van der Waals surface area contributed by atoms with Crippen molar-refractivity contribution in [2.24, 2.45) is 0 Å². The number of hydrogen-bond donors (Lipinski definition) is 0. The van der Waals surface area contributed by atoms with Crippen molar-refractivity contribution in [1.82, 2.24) is 0 Å². The van der Waals surface area contributed by atoms with Crippen LogP contribution in [-0.4, -0.2) is 34.8 Å². The molecule has 0 atom stereocenters. The molecule has 2 aliphatic heterocycles. The SMILES string of the molecule is O=S(=O)(Cc1cc2c(cc1Br)OCCO2)Cc1cccc2c1OCCO2. The van der Waals surface area contributed by atoms with Crippen molar-refractivity contribution in [1.29, 1.82) is 0 Å². The summed E-state index contributed by atoms with van der Waals surface area (Å²) in [4.78, 5) is 0. The van der Waals surface area contributed by atoms with Crippen molar-refractivity contribution >= 4 is 25.8 Å². The maximum Gasteiger partial charge on any atom is 0.165 e. The number of sulfone groups is 1. The molecule has 2 heterocycles. The van der Waals surface area contributed by atoms with E-state index in [0.29, 0.717) is 65.0 Å². The molecule has 2 aliphatic rings. The first kappa shape index (κ1) is 17.5. The second-order valence-electron chi connectivity index (χ2n) is 6.06. The van der Waals surface area contributed by atoms with Crippen LogP contribution in [0.3, 0.4) is 0 Å². The van der Waals surface area contributed by atoms with E-state index < -0.39 is 9.84 Å². The minimum atomic E-state index is -3.43. The van der Waals surface area contributed by atoms with Crippen LogP contribution in [0.15, 0.2) is 34.8 Å². The van der Waals surface area contributed by atoms with Crippen molar-refractivity contribution in [3.63, 3.8) is 0 Å². The van der Waals surface area contributed by atoms with Crippen LogP contribution < -0.4 is 18.9 Å². The molecule has 0 saturated carbocycles. The topological polar surface area (TPSA) is 71.1 Å². The zero-order valence-corrected chi connectivity index (χ0v) is 16.3.